The van der Waals surface area contributed by atoms with Gasteiger partial charge in [0.1, 0.15) is 11.6 Å². The molecule has 3 aromatic rings. The Morgan fingerprint density at radius 2 is 2.03 bits per heavy atom. The third-order valence-corrected chi connectivity index (χ3v) is 5.72. The molecule has 0 radical (unpaired) electrons. The summed E-state index contributed by atoms with van der Waals surface area (Å²) in [7, 11) is 0. The van der Waals surface area contributed by atoms with Crippen molar-refractivity contribution in [2.45, 2.75) is 25.0 Å². The van der Waals surface area contributed by atoms with E-state index in [4.69, 9.17) is 0 Å². The molecule has 0 bridgehead atoms. The predicted octanol–water partition coefficient (Wildman–Crippen LogP) is 4.22. The Kier molecular flexibility index (Phi) is 5.76. The maximum atomic E-state index is 13.6. The average Bonchev–Trinajstić information content (AvgIpc) is 2.75. The summed E-state index contributed by atoms with van der Waals surface area (Å²) >= 11 is 1.26. The number of thioether (sulfide) groups is 1. The highest BCUT2D eigenvalue weighted by atomic mass is 32.2. The molecule has 2 aromatic carbocycles. The number of aryl methyl sites for hydroxylation is 1. The summed E-state index contributed by atoms with van der Waals surface area (Å²) in [6.07, 6.45) is 2.70. The highest BCUT2D eigenvalue weighted by Crippen LogP contribution is 2.24. The molecule has 29 heavy (non-hydrogen) atoms. The molecular formula is C22H21FN4OS. The van der Waals surface area contributed by atoms with Crippen LogP contribution in [-0.4, -0.2) is 28.2 Å². The van der Waals surface area contributed by atoms with Crippen LogP contribution in [0.15, 0.2) is 59.9 Å². The number of hydrogen-bond donors (Lipinski definition) is 1. The molecule has 5 nitrogen and oxygen atoms in total. The molecule has 0 saturated carbocycles. The van der Waals surface area contributed by atoms with Crippen LogP contribution in [0.1, 0.15) is 16.7 Å². The molecule has 0 atom stereocenters. The van der Waals surface area contributed by atoms with Gasteiger partial charge in [-0.1, -0.05) is 42.1 Å². The molecule has 0 saturated heterocycles. The van der Waals surface area contributed by atoms with Gasteiger partial charge in [0.25, 0.3) is 0 Å². The fraction of sp³-hybridized carbons (Fsp3) is 0.227. The Bertz CT molecular complexity index is 1040. The number of nitrogens with zero attached hydrogens (tertiary/aromatic N) is 3. The second kappa shape index (κ2) is 8.61. The number of hydrogen-bond acceptors (Lipinski definition) is 5. The van der Waals surface area contributed by atoms with Crippen LogP contribution in [0.5, 0.6) is 0 Å². The van der Waals surface area contributed by atoms with Gasteiger partial charge in [0.2, 0.25) is 5.91 Å². The zero-order chi connectivity index (χ0) is 20.2. The highest BCUT2D eigenvalue weighted by Gasteiger charge is 2.17. The maximum absolute atomic E-state index is 13.6. The van der Waals surface area contributed by atoms with E-state index in [1.165, 1.54) is 29.0 Å². The number of halogens is 1. The minimum absolute atomic E-state index is 0.155. The first-order chi connectivity index (χ1) is 14.1. The van der Waals surface area contributed by atoms with E-state index in [2.05, 4.69) is 44.5 Å². The Morgan fingerprint density at radius 1 is 1.21 bits per heavy atom. The lowest BCUT2D eigenvalue weighted by Crippen LogP contribution is -2.31. The first kappa shape index (κ1) is 19.4. The predicted molar refractivity (Wildman–Crippen MR) is 114 cm³/mol. The summed E-state index contributed by atoms with van der Waals surface area (Å²) in [6.45, 7) is 3.40. The normalized spacial score (nSPS) is 13.1. The molecule has 0 spiro atoms. The van der Waals surface area contributed by atoms with E-state index >= 15 is 0 Å². The van der Waals surface area contributed by atoms with Gasteiger partial charge < -0.3 is 10.2 Å². The zero-order valence-corrected chi connectivity index (χ0v) is 16.9. The van der Waals surface area contributed by atoms with Crippen LogP contribution in [0, 0.1) is 12.7 Å². The lowest BCUT2D eigenvalue weighted by Gasteiger charge is -2.29. The van der Waals surface area contributed by atoms with Gasteiger partial charge >= 0.3 is 0 Å². The van der Waals surface area contributed by atoms with Crippen LogP contribution < -0.4 is 10.2 Å². The van der Waals surface area contributed by atoms with E-state index in [1.54, 1.807) is 25.3 Å². The van der Waals surface area contributed by atoms with Gasteiger partial charge in [-0.25, -0.2) is 14.4 Å². The van der Waals surface area contributed by atoms with Crippen molar-refractivity contribution in [3.63, 3.8) is 0 Å². The van der Waals surface area contributed by atoms with Crippen molar-refractivity contribution >= 4 is 29.2 Å². The largest absolute Gasteiger partial charge is 0.352 e. The Morgan fingerprint density at radius 3 is 2.86 bits per heavy atom. The van der Waals surface area contributed by atoms with Crippen molar-refractivity contribution in [1.82, 2.24) is 9.97 Å². The molecule has 7 heteroatoms. The van der Waals surface area contributed by atoms with Crippen LogP contribution in [0.2, 0.25) is 0 Å². The zero-order valence-electron chi connectivity index (χ0n) is 16.1. The van der Waals surface area contributed by atoms with E-state index in [-0.39, 0.29) is 17.5 Å². The van der Waals surface area contributed by atoms with Crippen LogP contribution >= 0.6 is 11.8 Å². The number of amides is 1. The standard InChI is InChI=1S/C22H21FN4OS/c1-15-6-7-18(12-19(15)23)25-21(28)14-29-22-24-10-8-20(26-22)27-11-9-16-4-2-3-5-17(16)13-27/h2-8,10,12H,9,11,13-14H2,1H3,(H,25,28). The van der Waals surface area contributed by atoms with Crippen molar-refractivity contribution in [2.24, 2.45) is 0 Å². The second-order valence-electron chi connectivity index (χ2n) is 6.94. The van der Waals surface area contributed by atoms with Crippen LogP contribution in [0.4, 0.5) is 15.9 Å². The Hall–Kier alpha value is -2.93. The lowest BCUT2D eigenvalue weighted by atomic mass is 10.00. The molecule has 1 aliphatic heterocycles. The molecule has 2 heterocycles. The second-order valence-corrected chi connectivity index (χ2v) is 7.88. The molecule has 1 amide bonds. The summed E-state index contributed by atoms with van der Waals surface area (Å²) in [6, 6.07) is 15.0. The molecular weight excluding hydrogens is 387 g/mol. The molecule has 148 valence electrons. The summed E-state index contributed by atoms with van der Waals surface area (Å²) in [5.41, 5.74) is 3.69. The SMILES string of the molecule is Cc1ccc(NC(=O)CSc2nccc(N3CCc4ccccc4C3)n2)cc1F. The number of nitrogens with one attached hydrogen (secondary N) is 1. The fourth-order valence-corrected chi connectivity index (χ4v) is 3.89. The van der Waals surface area contributed by atoms with Crippen molar-refractivity contribution in [2.75, 3.05) is 22.5 Å². The monoisotopic (exact) mass is 408 g/mol. The molecule has 0 aliphatic carbocycles. The number of rotatable bonds is 5. The molecule has 0 fully saturated rings. The highest BCUT2D eigenvalue weighted by molar-refractivity contribution is 7.99. The van der Waals surface area contributed by atoms with Gasteiger partial charge in [-0.2, -0.15) is 0 Å². The van der Waals surface area contributed by atoms with Gasteiger partial charge in [-0.15, -0.1) is 0 Å². The summed E-state index contributed by atoms with van der Waals surface area (Å²) in [5.74, 6) is 0.452. The van der Waals surface area contributed by atoms with Crippen molar-refractivity contribution in [3.8, 4) is 0 Å². The fourth-order valence-electron chi connectivity index (χ4n) is 3.27. The Balaban J connectivity index is 1.37. The number of carbonyl (C=O) groups excluding carboxylic acids is 1. The van der Waals surface area contributed by atoms with E-state index < -0.39 is 0 Å². The molecule has 1 aliphatic rings. The van der Waals surface area contributed by atoms with E-state index in [0.717, 1.165) is 25.3 Å². The number of fused-ring (bicyclic) bond motifs is 1. The van der Waals surface area contributed by atoms with Gasteiger partial charge in [0.05, 0.1) is 5.75 Å². The van der Waals surface area contributed by atoms with Crippen molar-refractivity contribution < 1.29 is 9.18 Å². The topological polar surface area (TPSA) is 58.1 Å². The number of benzene rings is 2. The summed E-state index contributed by atoms with van der Waals surface area (Å²) < 4.78 is 13.6. The molecule has 4 rings (SSSR count). The van der Waals surface area contributed by atoms with Gasteiger partial charge in [-0.05, 0) is 48.2 Å². The quantitative estimate of drug-likeness (QED) is 0.506. The number of aromatic nitrogens is 2. The van der Waals surface area contributed by atoms with Gasteiger partial charge in [0.15, 0.2) is 5.16 Å². The molecule has 0 unspecified atom stereocenters. The third kappa shape index (κ3) is 4.74. The van der Waals surface area contributed by atoms with Crippen LogP contribution in [0.25, 0.3) is 0 Å². The van der Waals surface area contributed by atoms with Crippen LogP contribution in [0.3, 0.4) is 0 Å². The van der Waals surface area contributed by atoms with E-state index in [1.807, 2.05) is 6.07 Å². The van der Waals surface area contributed by atoms with Gasteiger partial charge in [-0.3, -0.25) is 4.79 Å². The van der Waals surface area contributed by atoms with Crippen LogP contribution in [-0.2, 0) is 17.8 Å². The average molecular weight is 409 g/mol. The van der Waals surface area contributed by atoms with Crippen molar-refractivity contribution in [3.05, 3.63) is 77.2 Å². The summed E-state index contributed by atoms with van der Waals surface area (Å²) in [5, 5.41) is 3.25. The van der Waals surface area contributed by atoms with Crippen molar-refractivity contribution in [1.29, 1.82) is 0 Å². The molecule has 1 aromatic heterocycles. The minimum atomic E-state index is -0.338. The van der Waals surface area contributed by atoms with E-state index in [0.29, 0.717) is 16.4 Å². The first-order valence-electron chi connectivity index (χ1n) is 9.42. The maximum Gasteiger partial charge on any atom is 0.234 e. The molecule has 1 N–H and O–H groups in total. The Labute approximate surface area is 173 Å². The number of carbonyl (C=O) groups is 1. The minimum Gasteiger partial charge on any atom is -0.352 e. The first-order valence-corrected chi connectivity index (χ1v) is 10.4. The lowest BCUT2D eigenvalue weighted by molar-refractivity contribution is -0.113. The smallest absolute Gasteiger partial charge is 0.234 e. The summed E-state index contributed by atoms with van der Waals surface area (Å²) in [4.78, 5) is 23.3. The third-order valence-electron chi connectivity index (χ3n) is 4.86. The van der Waals surface area contributed by atoms with Gasteiger partial charge in [0, 0.05) is 25.0 Å². The number of anilines is 2. The van der Waals surface area contributed by atoms with E-state index in [9.17, 15) is 9.18 Å².